The molecule has 3 rings (SSSR count). The second-order valence-electron chi connectivity index (χ2n) is 4.54. The van der Waals surface area contributed by atoms with Gasteiger partial charge in [-0.05, 0) is 39.2 Å². The molecule has 2 heterocycles. The van der Waals surface area contributed by atoms with Crippen molar-refractivity contribution in [2.45, 2.75) is 13.1 Å². The molecule has 0 radical (unpaired) electrons. The maximum atomic E-state index is 12.0. The van der Waals surface area contributed by atoms with E-state index in [1.807, 2.05) is 6.07 Å². The Balaban J connectivity index is 1.96. The van der Waals surface area contributed by atoms with Crippen LogP contribution < -0.4 is 16.2 Å². The van der Waals surface area contributed by atoms with E-state index in [1.165, 1.54) is 15.7 Å². The van der Waals surface area contributed by atoms with E-state index < -0.39 is 0 Å². The van der Waals surface area contributed by atoms with Crippen molar-refractivity contribution < 1.29 is 0 Å². The molecule has 0 aliphatic carbocycles. The number of benzene rings is 1. The fraction of sp³-hybridized carbons (Fsp3) is 0.231. The second-order valence-corrected chi connectivity index (χ2v) is 5.35. The number of hydrogen-bond donors (Lipinski definition) is 2. The molecular weight excluding hydrogens is 308 g/mol. The van der Waals surface area contributed by atoms with E-state index in [2.05, 4.69) is 43.7 Å². The van der Waals surface area contributed by atoms with E-state index >= 15 is 0 Å². The lowest BCUT2D eigenvalue weighted by Gasteiger charge is -2.08. The van der Waals surface area contributed by atoms with Gasteiger partial charge in [0.25, 0.3) is 5.56 Å². The first kappa shape index (κ1) is 12.4. The van der Waals surface area contributed by atoms with E-state index in [9.17, 15) is 4.79 Å². The van der Waals surface area contributed by atoms with Crippen LogP contribution in [0.1, 0.15) is 11.1 Å². The smallest absolute Gasteiger partial charge is 0.293 e. The van der Waals surface area contributed by atoms with Gasteiger partial charge in [0.15, 0.2) is 5.82 Å². The summed E-state index contributed by atoms with van der Waals surface area (Å²) in [7, 11) is 1.70. The predicted molar refractivity (Wildman–Crippen MR) is 77.4 cm³/mol. The molecule has 1 aromatic heterocycles. The monoisotopic (exact) mass is 320 g/mol. The lowest BCUT2D eigenvalue weighted by atomic mass is 10.1. The van der Waals surface area contributed by atoms with Crippen LogP contribution in [0.5, 0.6) is 0 Å². The molecule has 5 nitrogen and oxygen atoms in total. The molecule has 1 aliphatic heterocycles. The summed E-state index contributed by atoms with van der Waals surface area (Å²) < 4.78 is 2.12. The van der Waals surface area contributed by atoms with Crippen molar-refractivity contribution in [1.82, 2.24) is 14.9 Å². The van der Waals surface area contributed by atoms with Gasteiger partial charge in [-0.2, -0.15) is 0 Å². The number of nitrogens with zero attached hydrogens (tertiary/aromatic N) is 2. The summed E-state index contributed by atoms with van der Waals surface area (Å²) in [6, 6.07) is 6.09. The summed E-state index contributed by atoms with van der Waals surface area (Å²) in [5, 5.41) is 6.37. The number of nitrogens with one attached hydrogen (secondary N) is 2. The molecule has 2 N–H and O–H groups in total. The maximum absolute atomic E-state index is 12.0. The van der Waals surface area contributed by atoms with E-state index in [0.717, 1.165) is 18.8 Å². The van der Waals surface area contributed by atoms with Crippen molar-refractivity contribution in [3.63, 3.8) is 0 Å². The molecular formula is C13H13BrN4O. The topological polar surface area (TPSA) is 59.0 Å². The summed E-state index contributed by atoms with van der Waals surface area (Å²) >= 11 is 3.29. The van der Waals surface area contributed by atoms with Gasteiger partial charge in [-0.15, -0.1) is 0 Å². The van der Waals surface area contributed by atoms with Gasteiger partial charge in [-0.1, -0.05) is 6.07 Å². The number of halogens is 1. The van der Waals surface area contributed by atoms with Gasteiger partial charge in [0, 0.05) is 32.0 Å². The van der Waals surface area contributed by atoms with Crippen LogP contribution in [0.15, 0.2) is 33.8 Å². The summed E-state index contributed by atoms with van der Waals surface area (Å²) in [6.07, 6.45) is 1.64. The number of anilines is 2. The molecule has 0 fully saturated rings. The van der Waals surface area contributed by atoms with Gasteiger partial charge in [0.1, 0.15) is 4.60 Å². The van der Waals surface area contributed by atoms with Crippen molar-refractivity contribution in [3.05, 3.63) is 50.5 Å². The summed E-state index contributed by atoms with van der Waals surface area (Å²) in [6.45, 7) is 1.78. The van der Waals surface area contributed by atoms with Crippen LogP contribution in [0.25, 0.3) is 0 Å². The molecule has 0 amide bonds. The van der Waals surface area contributed by atoms with E-state index in [4.69, 9.17) is 0 Å². The molecule has 1 aromatic carbocycles. The van der Waals surface area contributed by atoms with E-state index in [0.29, 0.717) is 10.4 Å². The van der Waals surface area contributed by atoms with Gasteiger partial charge in [-0.25, -0.2) is 4.98 Å². The summed E-state index contributed by atoms with van der Waals surface area (Å²) in [5.74, 6) is 0.322. The van der Waals surface area contributed by atoms with E-state index in [1.54, 1.807) is 13.2 Å². The Hall–Kier alpha value is -1.66. The molecule has 0 unspecified atom stereocenters. The third-order valence-corrected chi connectivity index (χ3v) is 3.52. The van der Waals surface area contributed by atoms with Crippen LogP contribution in [0.2, 0.25) is 0 Å². The molecule has 0 atom stereocenters. The summed E-state index contributed by atoms with van der Waals surface area (Å²) in [5.41, 5.74) is 3.30. The minimum Gasteiger partial charge on any atom is -0.336 e. The third-order valence-electron chi connectivity index (χ3n) is 3.14. The minimum absolute atomic E-state index is 0.151. The predicted octanol–water partition coefficient (Wildman–Crippen LogP) is 1.89. The van der Waals surface area contributed by atoms with Gasteiger partial charge in [0.2, 0.25) is 0 Å². The lowest BCUT2D eigenvalue weighted by Crippen LogP contribution is -2.21. The third kappa shape index (κ3) is 2.41. The highest BCUT2D eigenvalue weighted by Crippen LogP contribution is 2.21. The fourth-order valence-corrected chi connectivity index (χ4v) is 2.64. The first-order valence-corrected chi connectivity index (χ1v) is 6.75. The van der Waals surface area contributed by atoms with Crippen molar-refractivity contribution in [2.24, 2.45) is 7.05 Å². The average Bonchev–Trinajstić information content (AvgIpc) is 2.82. The van der Waals surface area contributed by atoms with Crippen LogP contribution in [-0.2, 0) is 20.1 Å². The Bertz CT molecular complexity index is 696. The summed E-state index contributed by atoms with van der Waals surface area (Å²) in [4.78, 5) is 16.1. The Labute approximate surface area is 118 Å². The highest BCUT2D eigenvalue weighted by atomic mass is 79.9. The number of rotatable bonds is 2. The molecule has 98 valence electrons. The van der Waals surface area contributed by atoms with Crippen molar-refractivity contribution in [1.29, 1.82) is 0 Å². The molecule has 1 aliphatic rings. The molecule has 0 saturated carbocycles. The highest BCUT2D eigenvalue weighted by molar-refractivity contribution is 9.10. The van der Waals surface area contributed by atoms with Crippen molar-refractivity contribution >= 4 is 27.4 Å². The van der Waals surface area contributed by atoms with Crippen LogP contribution in [0.4, 0.5) is 11.5 Å². The standard InChI is InChI=1S/C13H13BrN4O/c1-18-7-11(14)17-12(13(18)19)16-10-3-2-8-5-15-6-9(8)4-10/h2-4,7,15H,5-6H2,1H3,(H,16,17). The van der Waals surface area contributed by atoms with Gasteiger partial charge < -0.3 is 15.2 Å². The number of aryl methyl sites for hydroxylation is 1. The lowest BCUT2D eigenvalue weighted by molar-refractivity contribution is 0.765. The number of aromatic nitrogens is 2. The number of fused-ring (bicyclic) bond motifs is 1. The fourth-order valence-electron chi connectivity index (χ4n) is 2.16. The van der Waals surface area contributed by atoms with Gasteiger partial charge >= 0.3 is 0 Å². The van der Waals surface area contributed by atoms with Crippen LogP contribution in [0.3, 0.4) is 0 Å². The largest absolute Gasteiger partial charge is 0.336 e. The van der Waals surface area contributed by atoms with Gasteiger partial charge in [0.05, 0.1) is 0 Å². The zero-order valence-corrected chi connectivity index (χ0v) is 12.0. The van der Waals surface area contributed by atoms with Crippen LogP contribution >= 0.6 is 15.9 Å². The highest BCUT2D eigenvalue weighted by Gasteiger charge is 2.11. The van der Waals surface area contributed by atoms with Crippen molar-refractivity contribution in [3.8, 4) is 0 Å². The Kier molecular flexibility index (Phi) is 3.12. The molecule has 6 heteroatoms. The first-order chi connectivity index (χ1) is 9.13. The zero-order chi connectivity index (χ0) is 13.4. The Morgan fingerprint density at radius 2 is 2.16 bits per heavy atom. The average molecular weight is 321 g/mol. The molecule has 19 heavy (non-hydrogen) atoms. The molecule has 0 spiro atoms. The van der Waals surface area contributed by atoms with Crippen LogP contribution in [-0.4, -0.2) is 9.55 Å². The normalized spacial score (nSPS) is 13.4. The quantitative estimate of drug-likeness (QED) is 0.887. The Morgan fingerprint density at radius 3 is 3.00 bits per heavy atom. The SMILES string of the molecule is Cn1cc(Br)nc(Nc2ccc3c(c2)CNC3)c1=O. The van der Waals surface area contributed by atoms with Gasteiger partial charge in [-0.3, -0.25) is 4.79 Å². The molecule has 0 saturated heterocycles. The minimum atomic E-state index is -0.151. The first-order valence-electron chi connectivity index (χ1n) is 5.96. The van der Waals surface area contributed by atoms with E-state index in [-0.39, 0.29) is 5.56 Å². The number of hydrogen-bond acceptors (Lipinski definition) is 4. The maximum Gasteiger partial charge on any atom is 0.293 e. The Morgan fingerprint density at radius 1 is 1.37 bits per heavy atom. The van der Waals surface area contributed by atoms with Crippen molar-refractivity contribution in [2.75, 3.05) is 5.32 Å². The zero-order valence-electron chi connectivity index (χ0n) is 10.4. The van der Waals surface area contributed by atoms with Crippen LogP contribution in [0, 0.1) is 0 Å². The molecule has 2 aromatic rings. The molecule has 0 bridgehead atoms. The second kappa shape index (κ2) is 4.79.